The first-order valence-corrected chi connectivity index (χ1v) is 10.6. The van der Waals surface area contributed by atoms with Crippen LogP contribution >= 0.6 is 11.6 Å². The van der Waals surface area contributed by atoms with Gasteiger partial charge in [0.15, 0.2) is 5.69 Å². The van der Waals surface area contributed by atoms with Crippen molar-refractivity contribution in [1.82, 2.24) is 9.55 Å². The molecule has 172 valence electrons. The molecule has 33 heavy (non-hydrogen) atoms. The minimum atomic E-state index is -0.755. The van der Waals surface area contributed by atoms with Crippen LogP contribution in [0.25, 0.3) is 5.57 Å². The standard InChI is InChI=1S/C24H25ClN4O4/c1-16(18-10-6-7-11-19(18)25)14-20(30)28(12-13-33-2)21-22(26)29(24(32)27-23(21)31)15-17-8-4-3-5-9-17/h3-11,14H,12-13,15,26H2,1-2H3,(H,27,31,32). The summed E-state index contributed by atoms with van der Waals surface area (Å²) in [7, 11) is 1.48. The predicted octanol–water partition coefficient (Wildman–Crippen LogP) is 2.90. The fraction of sp³-hybridized carbons (Fsp3) is 0.208. The monoisotopic (exact) mass is 468 g/mol. The zero-order valence-electron chi connectivity index (χ0n) is 18.4. The van der Waals surface area contributed by atoms with Crippen LogP contribution in [-0.4, -0.2) is 35.7 Å². The van der Waals surface area contributed by atoms with Crippen LogP contribution in [0.1, 0.15) is 18.1 Å². The summed E-state index contributed by atoms with van der Waals surface area (Å²) in [4.78, 5) is 42.0. The summed E-state index contributed by atoms with van der Waals surface area (Å²) < 4.78 is 6.35. The first kappa shape index (κ1) is 24.0. The maximum absolute atomic E-state index is 13.3. The average Bonchev–Trinajstić information content (AvgIpc) is 2.79. The quantitative estimate of drug-likeness (QED) is 0.494. The lowest BCUT2D eigenvalue weighted by atomic mass is 10.1. The van der Waals surface area contributed by atoms with E-state index in [0.717, 1.165) is 5.56 Å². The van der Waals surface area contributed by atoms with Crippen molar-refractivity contribution >= 4 is 34.6 Å². The number of hydrogen-bond donors (Lipinski definition) is 2. The molecule has 0 aliphatic heterocycles. The summed E-state index contributed by atoms with van der Waals surface area (Å²) >= 11 is 6.25. The minimum Gasteiger partial charge on any atom is -0.383 e. The molecular formula is C24H25ClN4O4. The number of carbonyl (C=O) groups is 1. The number of anilines is 2. The van der Waals surface area contributed by atoms with Crippen LogP contribution in [0.3, 0.4) is 0 Å². The lowest BCUT2D eigenvalue weighted by Gasteiger charge is -2.23. The van der Waals surface area contributed by atoms with E-state index in [-0.39, 0.29) is 31.2 Å². The Balaban J connectivity index is 2.07. The number of hydrogen-bond acceptors (Lipinski definition) is 5. The number of nitrogens with two attached hydrogens (primary N) is 1. The number of rotatable bonds is 8. The summed E-state index contributed by atoms with van der Waals surface area (Å²) in [5.74, 6) is -0.604. The zero-order chi connectivity index (χ0) is 24.0. The molecule has 0 fully saturated rings. The molecule has 8 nitrogen and oxygen atoms in total. The second kappa shape index (κ2) is 10.8. The van der Waals surface area contributed by atoms with Gasteiger partial charge in [-0.1, -0.05) is 60.1 Å². The van der Waals surface area contributed by atoms with Crippen LogP contribution < -0.4 is 21.9 Å². The number of amides is 1. The molecule has 2 aromatic carbocycles. The van der Waals surface area contributed by atoms with Gasteiger partial charge in [0.05, 0.1) is 13.2 Å². The fourth-order valence-electron chi connectivity index (χ4n) is 3.40. The van der Waals surface area contributed by atoms with Crippen LogP contribution in [-0.2, 0) is 16.1 Å². The molecule has 0 aliphatic carbocycles. The third kappa shape index (κ3) is 5.60. The van der Waals surface area contributed by atoms with Gasteiger partial charge in [0.2, 0.25) is 0 Å². The number of nitrogens with one attached hydrogen (secondary N) is 1. The Morgan fingerprint density at radius 2 is 1.82 bits per heavy atom. The Hall–Kier alpha value is -3.62. The molecular weight excluding hydrogens is 444 g/mol. The molecule has 0 radical (unpaired) electrons. The van der Waals surface area contributed by atoms with Gasteiger partial charge in [-0.15, -0.1) is 0 Å². The number of aromatic amines is 1. The van der Waals surface area contributed by atoms with Crippen molar-refractivity contribution in [2.75, 3.05) is 30.9 Å². The van der Waals surface area contributed by atoms with E-state index in [9.17, 15) is 14.4 Å². The SMILES string of the molecule is COCCN(C(=O)C=C(C)c1ccccc1Cl)c1c(N)n(Cc2ccccc2)c(=O)[nH]c1=O. The molecule has 3 aromatic rings. The van der Waals surface area contributed by atoms with Crippen molar-refractivity contribution < 1.29 is 9.53 Å². The molecule has 9 heteroatoms. The summed E-state index contributed by atoms with van der Waals surface area (Å²) in [6.07, 6.45) is 1.38. The van der Waals surface area contributed by atoms with Gasteiger partial charge in [0.25, 0.3) is 11.5 Å². The fourth-order valence-corrected chi connectivity index (χ4v) is 3.68. The first-order chi connectivity index (χ1) is 15.8. The van der Waals surface area contributed by atoms with E-state index < -0.39 is 17.2 Å². The summed E-state index contributed by atoms with van der Waals surface area (Å²) in [6.45, 7) is 2.09. The van der Waals surface area contributed by atoms with Crippen LogP contribution in [0.15, 0.2) is 70.3 Å². The minimum absolute atomic E-state index is 0.0540. The highest BCUT2D eigenvalue weighted by Gasteiger charge is 2.23. The number of ether oxygens (including phenoxy) is 1. The van der Waals surface area contributed by atoms with E-state index >= 15 is 0 Å². The van der Waals surface area contributed by atoms with Crippen LogP contribution in [0.2, 0.25) is 5.02 Å². The molecule has 3 rings (SSSR count). The number of nitrogens with zero attached hydrogens (tertiary/aromatic N) is 2. The topological polar surface area (TPSA) is 110 Å². The predicted molar refractivity (Wildman–Crippen MR) is 131 cm³/mol. The maximum Gasteiger partial charge on any atom is 0.330 e. The molecule has 0 saturated heterocycles. The molecule has 0 atom stereocenters. The number of nitrogen functional groups attached to an aromatic ring is 1. The zero-order valence-corrected chi connectivity index (χ0v) is 19.1. The lowest BCUT2D eigenvalue weighted by molar-refractivity contribution is -0.114. The molecule has 1 heterocycles. The third-order valence-electron chi connectivity index (χ3n) is 5.09. The van der Waals surface area contributed by atoms with Crippen molar-refractivity contribution in [3.63, 3.8) is 0 Å². The van der Waals surface area contributed by atoms with E-state index in [1.54, 1.807) is 25.1 Å². The molecule has 1 aromatic heterocycles. The van der Waals surface area contributed by atoms with Crippen LogP contribution in [0.5, 0.6) is 0 Å². The Labute approximate surface area is 195 Å². The highest BCUT2D eigenvalue weighted by molar-refractivity contribution is 6.32. The van der Waals surface area contributed by atoms with Crippen molar-refractivity contribution in [3.05, 3.63) is 97.7 Å². The number of H-pyrrole nitrogens is 1. The van der Waals surface area contributed by atoms with Gasteiger partial charge in [0.1, 0.15) is 5.82 Å². The molecule has 0 bridgehead atoms. The number of benzene rings is 2. The van der Waals surface area contributed by atoms with Gasteiger partial charge in [-0.3, -0.25) is 24.0 Å². The number of halogens is 1. The second-order valence-electron chi connectivity index (χ2n) is 7.35. The molecule has 1 amide bonds. The summed E-state index contributed by atoms with van der Waals surface area (Å²) in [6, 6.07) is 16.3. The van der Waals surface area contributed by atoms with Crippen molar-refractivity contribution in [2.45, 2.75) is 13.5 Å². The van der Waals surface area contributed by atoms with Crippen molar-refractivity contribution in [3.8, 4) is 0 Å². The van der Waals surface area contributed by atoms with Crippen LogP contribution in [0, 0.1) is 0 Å². The van der Waals surface area contributed by atoms with Crippen molar-refractivity contribution in [2.24, 2.45) is 0 Å². The molecule has 3 N–H and O–H groups in total. The molecule has 0 saturated carbocycles. The van der Waals surface area contributed by atoms with E-state index in [1.165, 1.54) is 22.7 Å². The number of methoxy groups -OCH3 is 1. The smallest absolute Gasteiger partial charge is 0.330 e. The second-order valence-corrected chi connectivity index (χ2v) is 7.76. The van der Waals surface area contributed by atoms with Gasteiger partial charge in [-0.25, -0.2) is 4.79 Å². The highest BCUT2D eigenvalue weighted by atomic mass is 35.5. The highest BCUT2D eigenvalue weighted by Crippen LogP contribution is 2.24. The Morgan fingerprint density at radius 3 is 2.48 bits per heavy atom. The Bertz CT molecular complexity index is 1280. The molecule has 0 spiro atoms. The number of aromatic nitrogens is 2. The van der Waals surface area contributed by atoms with E-state index in [1.807, 2.05) is 36.4 Å². The Kier molecular flexibility index (Phi) is 7.87. The summed E-state index contributed by atoms with van der Waals surface area (Å²) in [5.41, 5.74) is 6.86. The van der Waals surface area contributed by atoms with E-state index in [2.05, 4.69) is 4.98 Å². The molecule has 0 unspecified atom stereocenters. The normalized spacial score (nSPS) is 11.4. The number of carbonyl (C=O) groups excluding carboxylic acids is 1. The maximum atomic E-state index is 13.3. The van der Waals surface area contributed by atoms with Crippen LogP contribution in [0.4, 0.5) is 11.5 Å². The van der Waals surface area contributed by atoms with Gasteiger partial charge >= 0.3 is 5.69 Å². The summed E-state index contributed by atoms with van der Waals surface area (Å²) in [5, 5.41) is 0.497. The van der Waals surface area contributed by atoms with E-state index in [4.69, 9.17) is 22.1 Å². The van der Waals surface area contributed by atoms with Gasteiger partial charge < -0.3 is 10.5 Å². The Morgan fingerprint density at radius 1 is 1.15 bits per heavy atom. The number of allylic oxidation sites excluding steroid dienone is 1. The van der Waals surface area contributed by atoms with Gasteiger partial charge in [-0.2, -0.15) is 0 Å². The molecule has 0 aliphatic rings. The van der Waals surface area contributed by atoms with Crippen molar-refractivity contribution in [1.29, 1.82) is 0 Å². The first-order valence-electron chi connectivity index (χ1n) is 10.2. The third-order valence-corrected chi connectivity index (χ3v) is 5.42. The lowest BCUT2D eigenvalue weighted by Crippen LogP contribution is -2.42. The van der Waals surface area contributed by atoms with E-state index in [0.29, 0.717) is 16.2 Å². The van der Waals surface area contributed by atoms with Gasteiger partial charge in [-0.05, 0) is 29.7 Å². The largest absolute Gasteiger partial charge is 0.383 e. The van der Waals surface area contributed by atoms with Gasteiger partial charge in [0, 0.05) is 24.8 Å². The average molecular weight is 469 g/mol.